The maximum Gasteiger partial charge on any atom is 0.470 e. The summed E-state index contributed by atoms with van der Waals surface area (Å²) in [6.07, 6.45) is 4.71. The molecule has 0 amide bonds. The van der Waals surface area contributed by atoms with Crippen LogP contribution in [0.3, 0.4) is 0 Å². The predicted octanol–water partition coefficient (Wildman–Crippen LogP) is 8.51. The Labute approximate surface area is 226 Å². The molecule has 1 unspecified atom stereocenters. The lowest BCUT2D eigenvalue weighted by molar-refractivity contribution is -0.689. The van der Waals surface area contributed by atoms with Crippen molar-refractivity contribution < 1.29 is 9.15 Å². The molecule has 5 aromatic rings. The van der Waals surface area contributed by atoms with Gasteiger partial charge in [0.25, 0.3) is 0 Å². The summed E-state index contributed by atoms with van der Waals surface area (Å²) in [5.74, 6) is 0. The minimum Gasteiger partial charge on any atom is -0.114 e. The van der Waals surface area contributed by atoms with Crippen LogP contribution >= 0.6 is 23.5 Å². The Morgan fingerprint density at radius 3 is 1.81 bits per heavy atom. The fourth-order valence-electron chi connectivity index (χ4n) is 5.34. The summed E-state index contributed by atoms with van der Waals surface area (Å²) >= 11 is 3.89. The van der Waals surface area contributed by atoms with Gasteiger partial charge in [0.2, 0.25) is 11.4 Å². The first-order chi connectivity index (χ1) is 18.1. The lowest BCUT2D eigenvalue weighted by Gasteiger charge is -2.32. The molecule has 4 heteroatoms. The standard InChI is InChI=1S/C33H26N2S2/c1-23-11-8-15-26-21-34(28-17-4-3-5-18-28)33(36-31(23)26)35(22-27-16-9-12-24(2)32(27)37-33)30-20-10-14-25-13-6-7-19-29(25)30/h3-22H,1-2H3/q+2. The fraction of sp³-hybridized carbons (Fsp3) is 0.0909. The van der Waals surface area contributed by atoms with E-state index in [1.807, 2.05) is 23.5 Å². The quantitative estimate of drug-likeness (QED) is 0.218. The summed E-state index contributed by atoms with van der Waals surface area (Å²) in [5, 5.41) is 2.50. The van der Waals surface area contributed by atoms with Gasteiger partial charge in [-0.1, -0.05) is 72.8 Å². The van der Waals surface area contributed by atoms with Gasteiger partial charge in [-0.2, -0.15) is 0 Å². The Hall–Kier alpha value is -3.60. The Kier molecular flexibility index (Phi) is 5.35. The molecule has 0 aliphatic carbocycles. The molecule has 1 atom stereocenters. The van der Waals surface area contributed by atoms with Crippen LogP contribution in [0.2, 0.25) is 0 Å². The van der Waals surface area contributed by atoms with Crippen molar-refractivity contribution in [1.82, 2.24) is 0 Å². The van der Waals surface area contributed by atoms with Crippen molar-refractivity contribution in [3.63, 3.8) is 0 Å². The molecule has 2 aliphatic rings. The number of aryl methyl sites for hydroxylation is 2. The van der Waals surface area contributed by atoms with Crippen molar-refractivity contribution in [3.05, 3.63) is 131 Å². The van der Waals surface area contributed by atoms with Crippen LogP contribution < -0.4 is 0 Å². The summed E-state index contributed by atoms with van der Waals surface area (Å²) in [6, 6.07) is 39.4. The first-order valence-electron chi connectivity index (χ1n) is 12.5. The van der Waals surface area contributed by atoms with Gasteiger partial charge in [0, 0.05) is 51.5 Å². The van der Waals surface area contributed by atoms with Crippen LogP contribution in [-0.4, -0.2) is 25.9 Å². The number of fused-ring (bicyclic) bond motifs is 3. The minimum absolute atomic E-state index is 0.496. The molecular formula is C33H26N2S2+2. The second kappa shape index (κ2) is 8.76. The molecular weight excluding hydrogens is 489 g/mol. The normalized spacial score (nSPS) is 18.2. The van der Waals surface area contributed by atoms with Crippen LogP contribution in [0, 0.1) is 13.8 Å². The van der Waals surface area contributed by atoms with Crippen molar-refractivity contribution in [1.29, 1.82) is 0 Å². The van der Waals surface area contributed by atoms with E-state index in [0.29, 0.717) is 0 Å². The molecule has 0 aromatic heterocycles. The first-order valence-corrected chi connectivity index (χ1v) is 14.2. The lowest BCUT2D eigenvalue weighted by Crippen LogP contribution is -2.47. The minimum atomic E-state index is -0.496. The molecule has 178 valence electrons. The summed E-state index contributed by atoms with van der Waals surface area (Å²) in [6.45, 7) is 4.45. The Bertz CT molecular complexity index is 1740. The number of thioether (sulfide) groups is 2. The van der Waals surface area contributed by atoms with E-state index in [1.165, 1.54) is 54.2 Å². The Balaban J connectivity index is 1.59. The van der Waals surface area contributed by atoms with Gasteiger partial charge >= 0.3 is 4.33 Å². The van der Waals surface area contributed by atoms with Crippen LogP contribution in [0.1, 0.15) is 22.3 Å². The van der Waals surface area contributed by atoms with Crippen molar-refractivity contribution in [2.24, 2.45) is 0 Å². The van der Waals surface area contributed by atoms with Crippen LogP contribution in [0.4, 0.5) is 11.4 Å². The molecule has 2 aliphatic heterocycles. The number of hydrogen-bond donors (Lipinski definition) is 0. The average molecular weight is 515 g/mol. The van der Waals surface area contributed by atoms with Gasteiger partial charge in [-0.15, -0.1) is 9.15 Å². The zero-order valence-electron chi connectivity index (χ0n) is 20.8. The third-order valence-corrected chi connectivity index (χ3v) is 10.5. The number of rotatable bonds is 2. The number of nitrogens with zero attached hydrogens (tertiary/aromatic N) is 2. The zero-order valence-corrected chi connectivity index (χ0v) is 22.4. The third-order valence-electron chi connectivity index (χ3n) is 7.16. The molecule has 0 N–H and O–H groups in total. The van der Waals surface area contributed by atoms with E-state index in [0.717, 1.165) is 0 Å². The topological polar surface area (TPSA) is 6.02 Å². The van der Waals surface area contributed by atoms with Gasteiger partial charge in [-0.05, 0) is 48.6 Å². The highest BCUT2D eigenvalue weighted by Gasteiger charge is 2.61. The molecule has 0 saturated carbocycles. The highest BCUT2D eigenvalue weighted by Crippen LogP contribution is 2.57. The monoisotopic (exact) mass is 514 g/mol. The van der Waals surface area contributed by atoms with E-state index < -0.39 is 4.33 Å². The third kappa shape index (κ3) is 3.58. The van der Waals surface area contributed by atoms with E-state index >= 15 is 0 Å². The molecule has 0 radical (unpaired) electrons. The number of benzene rings is 5. The van der Waals surface area contributed by atoms with Gasteiger partial charge in [0.1, 0.15) is 0 Å². The summed E-state index contributed by atoms with van der Waals surface area (Å²) < 4.78 is 4.48. The Morgan fingerprint density at radius 1 is 0.541 bits per heavy atom. The summed E-state index contributed by atoms with van der Waals surface area (Å²) in [5.41, 5.74) is 7.50. The molecule has 2 heterocycles. The van der Waals surface area contributed by atoms with Gasteiger partial charge < -0.3 is 0 Å². The smallest absolute Gasteiger partial charge is 0.114 e. The van der Waals surface area contributed by atoms with Gasteiger partial charge in [-0.3, -0.25) is 0 Å². The molecule has 0 fully saturated rings. The van der Waals surface area contributed by atoms with Crippen molar-refractivity contribution in [2.75, 3.05) is 0 Å². The first kappa shape index (κ1) is 22.6. The van der Waals surface area contributed by atoms with Crippen LogP contribution in [-0.2, 0) is 0 Å². The molecule has 7 rings (SSSR count). The largest absolute Gasteiger partial charge is 0.470 e. The second-order valence-electron chi connectivity index (χ2n) is 9.57. The summed E-state index contributed by atoms with van der Waals surface area (Å²) in [7, 11) is 0. The summed E-state index contributed by atoms with van der Waals surface area (Å²) in [4.78, 5) is 2.66. The number of para-hydroxylation sites is 1. The maximum atomic E-state index is 2.51. The molecule has 0 saturated heterocycles. The van der Waals surface area contributed by atoms with Crippen molar-refractivity contribution in [2.45, 2.75) is 28.0 Å². The fourth-order valence-corrected chi connectivity index (χ4v) is 8.49. The van der Waals surface area contributed by atoms with Crippen molar-refractivity contribution >= 4 is 58.1 Å². The second-order valence-corrected chi connectivity index (χ2v) is 12.2. The SMILES string of the molecule is Cc1cccc2c1SC1(Sc3c(C)cccc3C=[N+]1c1cccc3ccccc13)[N+](c1ccccc1)=C2. The zero-order chi connectivity index (χ0) is 25.0. The highest BCUT2D eigenvalue weighted by molar-refractivity contribution is 8.17. The number of hydrogen-bond acceptors (Lipinski definition) is 2. The van der Waals surface area contributed by atoms with Gasteiger partial charge in [0.15, 0.2) is 12.4 Å². The van der Waals surface area contributed by atoms with Crippen LogP contribution in [0.25, 0.3) is 10.8 Å². The van der Waals surface area contributed by atoms with Gasteiger partial charge in [-0.25, -0.2) is 0 Å². The van der Waals surface area contributed by atoms with Crippen LogP contribution in [0.15, 0.2) is 119 Å². The van der Waals surface area contributed by atoms with E-state index in [2.05, 4.69) is 145 Å². The lowest BCUT2D eigenvalue weighted by atomic mass is 10.1. The highest BCUT2D eigenvalue weighted by atomic mass is 32.2. The van der Waals surface area contributed by atoms with Crippen LogP contribution in [0.5, 0.6) is 0 Å². The Morgan fingerprint density at radius 2 is 1.11 bits per heavy atom. The van der Waals surface area contributed by atoms with E-state index in [-0.39, 0.29) is 0 Å². The molecule has 2 nitrogen and oxygen atoms in total. The van der Waals surface area contributed by atoms with E-state index in [4.69, 9.17) is 0 Å². The molecule has 37 heavy (non-hydrogen) atoms. The van der Waals surface area contributed by atoms with Crippen molar-refractivity contribution in [3.8, 4) is 0 Å². The van der Waals surface area contributed by atoms with E-state index in [1.54, 1.807) is 0 Å². The maximum absolute atomic E-state index is 2.51. The molecule has 0 bridgehead atoms. The predicted molar refractivity (Wildman–Crippen MR) is 157 cm³/mol. The molecule has 5 aromatic carbocycles. The van der Waals surface area contributed by atoms with E-state index in [9.17, 15) is 0 Å². The van der Waals surface area contributed by atoms with Gasteiger partial charge in [0.05, 0.1) is 16.5 Å². The molecule has 1 spiro atoms. The average Bonchev–Trinajstić information content (AvgIpc) is 2.94.